The van der Waals surface area contributed by atoms with Crippen molar-refractivity contribution in [2.45, 2.75) is 13.5 Å². The number of ether oxygens (including phenoxy) is 3. The Morgan fingerprint density at radius 3 is 2.68 bits per heavy atom. The number of carbonyl (C=O) groups excluding carboxylic acids is 2. The van der Waals surface area contributed by atoms with Crippen LogP contribution < -0.4 is 14.8 Å². The summed E-state index contributed by atoms with van der Waals surface area (Å²) in [6.07, 6.45) is -0.558. The van der Waals surface area contributed by atoms with Gasteiger partial charge in [-0.05, 0) is 24.6 Å². The highest BCUT2D eigenvalue weighted by molar-refractivity contribution is 5.82. The normalized spacial score (nSPS) is 16.6. The van der Waals surface area contributed by atoms with E-state index in [9.17, 15) is 9.59 Å². The molecule has 0 aliphatic carbocycles. The highest BCUT2D eigenvalue weighted by atomic mass is 16.7. The Bertz CT molecular complexity index is 629. The molecule has 2 heterocycles. The zero-order valence-corrected chi connectivity index (χ0v) is 14.3. The number of nitrogens with one attached hydrogen (secondary N) is 1. The van der Waals surface area contributed by atoms with E-state index in [-0.39, 0.29) is 19.2 Å². The van der Waals surface area contributed by atoms with E-state index in [0.29, 0.717) is 19.7 Å². The Morgan fingerprint density at radius 2 is 1.92 bits per heavy atom. The zero-order valence-electron chi connectivity index (χ0n) is 14.3. The van der Waals surface area contributed by atoms with E-state index in [4.69, 9.17) is 14.2 Å². The van der Waals surface area contributed by atoms with Crippen molar-refractivity contribution in [1.29, 1.82) is 0 Å². The maximum atomic E-state index is 12.1. The second kappa shape index (κ2) is 8.06. The monoisotopic (exact) mass is 349 g/mol. The topological polar surface area (TPSA) is 80.3 Å². The summed E-state index contributed by atoms with van der Waals surface area (Å²) in [7, 11) is 0. The predicted molar refractivity (Wildman–Crippen MR) is 89.4 cm³/mol. The lowest BCUT2D eigenvalue weighted by Gasteiger charge is -2.34. The van der Waals surface area contributed by atoms with Crippen molar-refractivity contribution >= 4 is 12.0 Å². The maximum absolute atomic E-state index is 12.1. The van der Waals surface area contributed by atoms with Crippen molar-refractivity contribution in [3.05, 3.63) is 23.8 Å². The van der Waals surface area contributed by atoms with Crippen LogP contribution in [-0.4, -0.2) is 67.9 Å². The van der Waals surface area contributed by atoms with Gasteiger partial charge >= 0.3 is 6.09 Å². The summed E-state index contributed by atoms with van der Waals surface area (Å²) >= 11 is 0. The lowest BCUT2D eigenvalue weighted by molar-refractivity contribution is -0.131. The Morgan fingerprint density at radius 1 is 1.16 bits per heavy atom. The van der Waals surface area contributed by atoms with Gasteiger partial charge in [-0.3, -0.25) is 9.69 Å². The van der Waals surface area contributed by atoms with Crippen LogP contribution in [0.5, 0.6) is 11.5 Å². The quantitative estimate of drug-likeness (QED) is 0.847. The lowest BCUT2D eigenvalue weighted by atomic mass is 10.1. The molecule has 0 atom stereocenters. The van der Waals surface area contributed by atoms with E-state index in [1.54, 1.807) is 11.8 Å². The predicted octanol–water partition coefficient (Wildman–Crippen LogP) is 0.806. The van der Waals surface area contributed by atoms with Gasteiger partial charge < -0.3 is 24.4 Å². The van der Waals surface area contributed by atoms with E-state index < -0.39 is 6.09 Å². The summed E-state index contributed by atoms with van der Waals surface area (Å²) in [4.78, 5) is 27.4. The number of piperazine rings is 1. The minimum Gasteiger partial charge on any atom is -0.454 e. The summed E-state index contributed by atoms with van der Waals surface area (Å²) in [5.74, 6) is 1.49. The fourth-order valence-corrected chi connectivity index (χ4v) is 2.89. The van der Waals surface area contributed by atoms with Crippen LogP contribution in [0.1, 0.15) is 12.5 Å². The van der Waals surface area contributed by atoms with Gasteiger partial charge in [0.25, 0.3) is 0 Å². The molecular weight excluding hydrogens is 326 g/mol. The van der Waals surface area contributed by atoms with Gasteiger partial charge in [0, 0.05) is 32.7 Å². The molecule has 1 saturated heterocycles. The molecule has 0 spiro atoms. The number of nitrogens with zero attached hydrogens (tertiary/aromatic N) is 2. The molecule has 2 aliphatic heterocycles. The summed E-state index contributed by atoms with van der Waals surface area (Å²) < 4.78 is 15.5. The molecule has 8 nitrogen and oxygen atoms in total. The minimum absolute atomic E-state index is 0.0268. The highest BCUT2D eigenvalue weighted by Gasteiger charge is 2.22. The molecule has 1 fully saturated rings. The first kappa shape index (κ1) is 17.3. The number of amides is 2. The van der Waals surface area contributed by atoms with Gasteiger partial charge in [0.2, 0.25) is 12.7 Å². The smallest absolute Gasteiger partial charge is 0.407 e. The van der Waals surface area contributed by atoms with Gasteiger partial charge in [-0.15, -0.1) is 0 Å². The molecule has 0 saturated carbocycles. The second-order valence-corrected chi connectivity index (χ2v) is 5.92. The van der Waals surface area contributed by atoms with Crippen LogP contribution in [0.25, 0.3) is 0 Å². The molecule has 0 radical (unpaired) electrons. The largest absolute Gasteiger partial charge is 0.454 e. The number of hydrogen-bond acceptors (Lipinski definition) is 6. The van der Waals surface area contributed by atoms with Crippen molar-refractivity contribution in [3.8, 4) is 11.5 Å². The molecule has 1 aromatic rings. The number of rotatable bonds is 5. The Labute approximate surface area is 146 Å². The van der Waals surface area contributed by atoms with Crippen LogP contribution in [0.3, 0.4) is 0 Å². The van der Waals surface area contributed by atoms with Crippen LogP contribution in [-0.2, 0) is 16.1 Å². The molecule has 1 aromatic carbocycles. The number of alkyl carbamates (subject to hydrolysis) is 1. The zero-order chi connectivity index (χ0) is 17.6. The van der Waals surface area contributed by atoms with E-state index in [1.807, 2.05) is 18.2 Å². The first-order valence-electron chi connectivity index (χ1n) is 8.45. The highest BCUT2D eigenvalue weighted by Crippen LogP contribution is 2.32. The molecule has 3 rings (SSSR count). The van der Waals surface area contributed by atoms with Crippen LogP contribution in [0.2, 0.25) is 0 Å². The summed E-state index contributed by atoms with van der Waals surface area (Å²) in [6.45, 7) is 5.94. The Hall–Kier alpha value is -2.48. The number of benzene rings is 1. The third-order valence-corrected chi connectivity index (χ3v) is 4.23. The maximum Gasteiger partial charge on any atom is 0.407 e. The van der Waals surface area contributed by atoms with Crippen molar-refractivity contribution in [2.75, 3.05) is 46.1 Å². The van der Waals surface area contributed by atoms with Gasteiger partial charge in [-0.1, -0.05) is 6.07 Å². The summed E-state index contributed by atoms with van der Waals surface area (Å²) in [5.41, 5.74) is 1.16. The van der Waals surface area contributed by atoms with Gasteiger partial charge in [-0.2, -0.15) is 0 Å². The Balaban J connectivity index is 1.42. The molecule has 1 N–H and O–H groups in total. The molecule has 0 unspecified atom stereocenters. The van der Waals surface area contributed by atoms with Crippen LogP contribution in [0.4, 0.5) is 4.79 Å². The van der Waals surface area contributed by atoms with E-state index >= 15 is 0 Å². The summed E-state index contributed by atoms with van der Waals surface area (Å²) in [6, 6.07) is 5.97. The molecule has 8 heteroatoms. The van der Waals surface area contributed by atoms with Gasteiger partial charge in [0.15, 0.2) is 11.5 Å². The molecule has 0 bridgehead atoms. The molecular formula is C17H23N3O5. The van der Waals surface area contributed by atoms with Gasteiger partial charge in [0.05, 0.1) is 6.61 Å². The average Bonchev–Trinajstić information content (AvgIpc) is 3.08. The van der Waals surface area contributed by atoms with Crippen molar-refractivity contribution in [2.24, 2.45) is 0 Å². The molecule has 2 aliphatic rings. The van der Waals surface area contributed by atoms with E-state index in [2.05, 4.69) is 10.2 Å². The van der Waals surface area contributed by atoms with Crippen LogP contribution in [0, 0.1) is 0 Å². The standard InChI is InChI=1S/C17H23N3O5/c1-2-23-17(22)18-10-16(21)20-7-5-19(6-8-20)11-13-3-4-14-15(9-13)25-12-24-14/h3-4,9H,2,5-8,10-12H2,1H3,(H,18,22). The number of carbonyl (C=O) groups is 2. The van der Waals surface area contributed by atoms with E-state index in [0.717, 1.165) is 36.7 Å². The first-order valence-corrected chi connectivity index (χ1v) is 8.45. The number of hydrogen-bond donors (Lipinski definition) is 1. The first-order chi connectivity index (χ1) is 12.2. The third-order valence-electron chi connectivity index (χ3n) is 4.23. The second-order valence-electron chi connectivity index (χ2n) is 5.92. The molecule has 0 aromatic heterocycles. The lowest BCUT2D eigenvalue weighted by Crippen LogP contribution is -2.50. The molecule has 25 heavy (non-hydrogen) atoms. The SMILES string of the molecule is CCOC(=O)NCC(=O)N1CCN(Cc2ccc3c(c2)OCO3)CC1. The Kier molecular flexibility index (Phi) is 5.60. The minimum atomic E-state index is -0.558. The van der Waals surface area contributed by atoms with E-state index in [1.165, 1.54) is 0 Å². The number of fused-ring (bicyclic) bond motifs is 1. The fraction of sp³-hybridized carbons (Fsp3) is 0.529. The average molecular weight is 349 g/mol. The van der Waals surface area contributed by atoms with Gasteiger partial charge in [0.1, 0.15) is 6.54 Å². The molecule has 136 valence electrons. The van der Waals surface area contributed by atoms with Crippen LogP contribution in [0.15, 0.2) is 18.2 Å². The van der Waals surface area contributed by atoms with Gasteiger partial charge in [-0.25, -0.2) is 4.79 Å². The fourth-order valence-electron chi connectivity index (χ4n) is 2.89. The summed E-state index contributed by atoms with van der Waals surface area (Å²) in [5, 5.41) is 2.46. The molecule has 2 amide bonds. The van der Waals surface area contributed by atoms with Crippen LogP contribution >= 0.6 is 0 Å². The van der Waals surface area contributed by atoms with Crippen molar-refractivity contribution in [1.82, 2.24) is 15.1 Å². The third kappa shape index (κ3) is 4.54. The van der Waals surface area contributed by atoms with Crippen molar-refractivity contribution < 1.29 is 23.8 Å². The van der Waals surface area contributed by atoms with Crippen molar-refractivity contribution in [3.63, 3.8) is 0 Å².